The van der Waals surface area contributed by atoms with Crippen molar-refractivity contribution < 1.29 is 4.74 Å². The van der Waals surface area contributed by atoms with Gasteiger partial charge in [-0.25, -0.2) is 0 Å². The van der Waals surface area contributed by atoms with E-state index in [-0.39, 0.29) is 0 Å². The number of halogens is 1. The van der Waals surface area contributed by atoms with Crippen molar-refractivity contribution in [3.63, 3.8) is 0 Å². The third-order valence-electron chi connectivity index (χ3n) is 3.00. The largest absolute Gasteiger partial charge is 0.494 e. The Kier molecular flexibility index (Phi) is 5.64. The molecule has 20 heavy (non-hydrogen) atoms. The zero-order valence-corrected chi connectivity index (χ0v) is 12.8. The summed E-state index contributed by atoms with van der Waals surface area (Å²) in [7, 11) is 0. The Balaban J connectivity index is 1.98. The molecule has 0 aromatic heterocycles. The van der Waals surface area contributed by atoms with Crippen molar-refractivity contribution in [2.75, 3.05) is 11.9 Å². The van der Waals surface area contributed by atoms with Crippen LogP contribution in [0.25, 0.3) is 11.1 Å². The number of nitriles is 1. The second-order valence-electron chi connectivity index (χ2n) is 4.46. The van der Waals surface area contributed by atoms with Crippen LogP contribution < -0.4 is 4.74 Å². The Bertz CT molecular complexity index is 569. The average Bonchev–Trinajstić information content (AvgIpc) is 2.52. The first-order chi connectivity index (χ1) is 9.83. The second-order valence-corrected chi connectivity index (χ2v) is 5.25. The van der Waals surface area contributed by atoms with Crippen LogP contribution in [-0.2, 0) is 0 Å². The van der Waals surface area contributed by atoms with Gasteiger partial charge in [0.2, 0.25) is 0 Å². The van der Waals surface area contributed by atoms with Gasteiger partial charge >= 0.3 is 0 Å². The molecule has 102 valence electrons. The molecule has 0 saturated carbocycles. The van der Waals surface area contributed by atoms with Crippen LogP contribution in [0.5, 0.6) is 5.75 Å². The van der Waals surface area contributed by atoms with Crippen LogP contribution in [0.3, 0.4) is 0 Å². The van der Waals surface area contributed by atoms with Crippen molar-refractivity contribution >= 4 is 15.9 Å². The fourth-order valence-corrected chi connectivity index (χ4v) is 2.26. The fourth-order valence-electron chi connectivity index (χ4n) is 1.87. The standard InChI is InChI=1S/C17H16BrNO/c18-11-1-2-12-20-17-9-7-16(8-10-17)15-5-3-14(13-19)4-6-15/h3-10H,1-2,11-12H2. The third kappa shape index (κ3) is 4.11. The Morgan fingerprint density at radius 2 is 1.50 bits per heavy atom. The smallest absolute Gasteiger partial charge is 0.119 e. The molecule has 0 amide bonds. The average molecular weight is 330 g/mol. The topological polar surface area (TPSA) is 33.0 Å². The monoisotopic (exact) mass is 329 g/mol. The van der Waals surface area contributed by atoms with E-state index in [0.29, 0.717) is 5.56 Å². The van der Waals surface area contributed by atoms with Gasteiger partial charge in [-0.2, -0.15) is 5.26 Å². The Morgan fingerprint density at radius 1 is 0.900 bits per heavy atom. The maximum atomic E-state index is 8.79. The summed E-state index contributed by atoms with van der Waals surface area (Å²) < 4.78 is 5.67. The van der Waals surface area contributed by atoms with Crippen LogP contribution in [0.1, 0.15) is 18.4 Å². The Hall–Kier alpha value is -1.79. The van der Waals surface area contributed by atoms with Crippen LogP contribution in [0.4, 0.5) is 0 Å². The minimum absolute atomic E-state index is 0.681. The summed E-state index contributed by atoms with van der Waals surface area (Å²) >= 11 is 3.41. The van der Waals surface area contributed by atoms with Crippen LogP contribution in [0.15, 0.2) is 48.5 Å². The van der Waals surface area contributed by atoms with E-state index in [4.69, 9.17) is 10.00 Å². The molecule has 0 saturated heterocycles. The summed E-state index contributed by atoms with van der Waals surface area (Å²) in [4.78, 5) is 0. The SMILES string of the molecule is N#Cc1ccc(-c2ccc(OCCCCBr)cc2)cc1. The highest BCUT2D eigenvalue weighted by atomic mass is 79.9. The molecule has 0 unspecified atom stereocenters. The van der Waals surface area contributed by atoms with Gasteiger partial charge in [-0.1, -0.05) is 40.2 Å². The molecular formula is C17H16BrNO. The first-order valence-electron chi connectivity index (χ1n) is 6.63. The lowest BCUT2D eigenvalue weighted by Crippen LogP contribution is -1.97. The normalized spacial score (nSPS) is 10.0. The molecule has 0 heterocycles. The molecule has 2 aromatic carbocycles. The number of ether oxygens (including phenoxy) is 1. The third-order valence-corrected chi connectivity index (χ3v) is 3.56. The molecule has 0 N–H and O–H groups in total. The Morgan fingerprint density at radius 3 is 2.05 bits per heavy atom. The highest BCUT2D eigenvalue weighted by Gasteiger charge is 1.99. The number of hydrogen-bond donors (Lipinski definition) is 0. The second kappa shape index (κ2) is 7.72. The van der Waals surface area contributed by atoms with Gasteiger partial charge in [0.25, 0.3) is 0 Å². The molecule has 2 rings (SSSR count). The number of nitrogens with zero attached hydrogens (tertiary/aromatic N) is 1. The molecule has 0 aliphatic carbocycles. The van der Waals surface area contributed by atoms with Crippen molar-refractivity contribution in [1.82, 2.24) is 0 Å². The number of unbranched alkanes of at least 4 members (excludes halogenated alkanes) is 1. The van der Waals surface area contributed by atoms with E-state index in [9.17, 15) is 0 Å². The summed E-state index contributed by atoms with van der Waals surface area (Å²) in [5, 5.41) is 9.81. The molecule has 2 aromatic rings. The minimum atomic E-state index is 0.681. The number of hydrogen-bond acceptors (Lipinski definition) is 2. The summed E-state index contributed by atoms with van der Waals surface area (Å²) in [6, 6.07) is 17.8. The van der Waals surface area contributed by atoms with E-state index >= 15 is 0 Å². The molecule has 0 aliphatic rings. The first kappa shape index (κ1) is 14.6. The highest BCUT2D eigenvalue weighted by Crippen LogP contribution is 2.22. The van der Waals surface area contributed by atoms with Gasteiger partial charge in [-0.3, -0.25) is 0 Å². The maximum absolute atomic E-state index is 8.79. The predicted molar refractivity (Wildman–Crippen MR) is 85.1 cm³/mol. The highest BCUT2D eigenvalue weighted by molar-refractivity contribution is 9.09. The molecule has 0 atom stereocenters. The lowest BCUT2D eigenvalue weighted by atomic mass is 10.0. The Labute approximate surface area is 128 Å². The zero-order chi connectivity index (χ0) is 14.2. The van der Waals surface area contributed by atoms with Gasteiger partial charge in [-0.05, 0) is 48.2 Å². The van der Waals surface area contributed by atoms with Crippen LogP contribution >= 0.6 is 15.9 Å². The summed E-state index contributed by atoms with van der Waals surface area (Å²) in [6.45, 7) is 0.752. The number of alkyl halides is 1. The van der Waals surface area contributed by atoms with Crippen molar-refractivity contribution in [3.05, 3.63) is 54.1 Å². The minimum Gasteiger partial charge on any atom is -0.494 e. The van der Waals surface area contributed by atoms with Crippen LogP contribution in [0, 0.1) is 11.3 Å². The fraction of sp³-hybridized carbons (Fsp3) is 0.235. The van der Waals surface area contributed by atoms with Crippen molar-refractivity contribution in [1.29, 1.82) is 5.26 Å². The molecule has 0 aliphatic heterocycles. The van der Waals surface area contributed by atoms with Gasteiger partial charge in [0.15, 0.2) is 0 Å². The van der Waals surface area contributed by atoms with E-state index in [1.807, 2.05) is 48.5 Å². The van der Waals surface area contributed by atoms with E-state index in [1.54, 1.807) is 0 Å². The predicted octanol–water partition coefficient (Wildman–Crippen LogP) is 4.78. The first-order valence-corrected chi connectivity index (χ1v) is 7.75. The summed E-state index contributed by atoms with van der Waals surface area (Å²) in [5.41, 5.74) is 2.91. The molecule has 0 spiro atoms. The van der Waals surface area contributed by atoms with E-state index in [0.717, 1.165) is 41.7 Å². The maximum Gasteiger partial charge on any atom is 0.119 e. The quantitative estimate of drug-likeness (QED) is 0.564. The van der Waals surface area contributed by atoms with Crippen LogP contribution in [0.2, 0.25) is 0 Å². The van der Waals surface area contributed by atoms with E-state index in [2.05, 4.69) is 22.0 Å². The number of benzene rings is 2. The lowest BCUT2D eigenvalue weighted by molar-refractivity contribution is 0.310. The van der Waals surface area contributed by atoms with Gasteiger partial charge in [0.05, 0.1) is 18.2 Å². The van der Waals surface area contributed by atoms with Gasteiger partial charge < -0.3 is 4.74 Å². The molecule has 0 radical (unpaired) electrons. The van der Waals surface area contributed by atoms with E-state index in [1.165, 1.54) is 0 Å². The molecule has 3 heteroatoms. The van der Waals surface area contributed by atoms with Crippen molar-refractivity contribution in [2.45, 2.75) is 12.8 Å². The summed E-state index contributed by atoms with van der Waals surface area (Å²) in [5.74, 6) is 0.900. The molecule has 2 nitrogen and oxygen atoms in total. The molecule has 0 bridgehead atoms. The van der Waals surface area contributed by atoms with Crippen molar-refractivity contribution in [3.8, 4) is 22.9 Å². The van der Waals surface area contributed by atoms with Crippen LogP contribution in [-0.4, -0.2) is 11.9 Å². The van der Waals surface area contributed by atoms with Gasteiger partial charge in [0, 0.05) is 5.33 Å². The number of rotatable bonds is 6. The lowest BCUT2D eigenvalue weighted by Gasteiger charge is -2.07. The van der Waals surface area contributed by atoms with E-state index < -0.39 is 0 Å². The summed E-state index contributed by atoms with van der Waals surface area (Å²) in [6.07, 6.45) is 2.19. The zero-order valence-electron chi connectivity index (χ0n) is 11.2. The van der Waals surface area contributed by atoms with Gasteiger partial charge in [0.1, 0.15) is 5.75 Å². The molecule has 0 fully saturated rings. The van der Waals surface area contributed by atoms with Crippen molar-refractivity contribution in [2.24, 2.45) is 0 Å². The molecular weight excluding hydrogens is 314 g/mol. The van der Waals surface area contributed by atoms with Gasteiger partial charge in [-0.15, -0.1) is 0 Å².